The molecule has 0 saturated heterocycles. The molecular weight excluding hydrogens is 359 g/mol. The molecule has 0 atom stereocenters. The molecule has 6 nitrogen and oxygen atoms in total. The van der Waals surface area contributed by atoms with E-state index in [2.05, 4.69) is 4.72 Å². The number of nitrogens with one attached hydrogen (secondary N) is 1. The summed E-state index contributed by atoms with van der Waals surface area (Å²) in [6.07, 6.45) is 1.28. The van der Waals surface area contributed by atoms with Crippen LogP contribution in [0.4, 0.5) is 4.39 Å². The van der Waals surface area contributed by atoms with Gasteiger partial charge in [0.2, 0.25) is 10.0 Å². The maximum atomic E-state index is 13.1. The molecule has 0 aliphatic heterocycles. The van der Waals surface area contributed by atoms with E-state index in [4.69, 9.17) is 4.42 Å². The van der Waals surface area contributed by atoms with Gasteiger partial charge in [0.05, 0.1) is 16.0 Å². The molecule has 1 fully saturated rings. The molecule has 1 saturated carbocycles. The smallest absolute Gasteiger partial charge is 0.408 e. The molecule has 3 aromatic rings. The lowest BCUT2D eigenvalue weighted by Gasteiger charge is -2.18. The van der Waals surface area contributed by atoms with E-state index < -0.39 is 21.3 Å². The summed E-state index contributed by atoms with van der Waals surface area (Å²) in [5, 5.41) is 0. The number of halogens is 1. The van der Waals surface area contributed by atoms with Crippen molar-refractivity contribution in [2.24, 2.45) is 0 Å². The van der Waals surface area contributed by atoms with Crippen LogP contribution in [-0.2, 0) is 22.1 Å². The summed E-state index contributed by atoms with van der Waals surface area (Å²) in [4.78, 5) is 11.8. The molecular formula is C18H17FN2O4S. The molecule has 1 aliphatic carbocycles. The lowest BCUT2D eigenvalue weighted by Crippen LogP contribution is -2.34. The number of nitrogens with zero attached hydrogens (tertiary/aromatic N) is 1. The summed E-state index contributed by atoms with van der Waals surface area (Å²) in [6.45, 7) is 2.24. The highest BCUT2D eigenvalue weighted by molar-refractivity contribution is 7.89. The minimum absolute atomic E-state index is 0.0235. The normalized spacial score (nSPS) is 16.1. The highest BCUT2D eigenvalue weighted by atomic mass is 32.2. The van der Waals surface area contributed by atoms with Crippen molar-refractivity contribution in [2.45, 2.75) is 36.7 Å². The number of aromatic nitrogens is 1. The summed E-state index contributed by atoms with van der Waals surface area (Å²) in [7, 11) is -3.83. The van der Waals surface area contributed by atoms with Crippen LogP contribution in [-0.4, -0.2) is 13.0 Å². The first kappa shape index (κ1) is 17.0. The number of aryl methyl sites for hydroxylation is 1. The van der Waals surface area contributed by atoms with Crippen LogP contribution in [0.3, 0.4) is 0 Å². The molecule has 136 valence electrons. The fourth-order valence-electron chi connectivity index (χ4n) is 3.17. The average molecular weight is 376 g/mol. The lowest BCUT2D eigenvalue weighted by atomic mass is 10.1. The minimum atomic E-state index is -3.83. The van der Waals surface area contributed by atoms with Crippen molar-refractivity contribution in [1.82, 2.24) is 9.29 Å². The number of hydrogen-bond donors (Lipinski definition) is 1. The largest absolute Gasteiger partial charge is 0.419 e. The molecule has 1 heterocycles. The van der Waals surface area contributed by atoms with Crippen LogP contribution in [0.5, 0.6) is 0 Å². The Labute approximate surface area is 149 Å². The van der Waals surface area contributed by atoms with E-state index >= 15 is 0 Å². The second-order valence-electron chi connectivity index (χ2n) is 6.44. The van der Waals surface area contributed by atoms with Crippen LogP contribution >= 0.6 is 0 Å². The summed E-state index contributed by atoms with van der Waals surface area (Å²) < 4.78 is 48.1. The number of sulfonamides is 1. The van der Waals surface area contributed by atoms with E-state index in [1.807, 2.05) is 6.92 Å². The fraction of sp³-hybridized carbons (Fsp3) is 0.278. The Bertz CT molecular complexity index is 1140. The SMILES string of the molecule is CCn1c(=O)oc2cc(S(=O)(=O)NC3(c4ccc(F)cc4)CC3)ccc21. The van der Waals surface area contributed by atoms with Gasteiger partial charge < -0.3 is 4.42 Å². The van der Waals surface area contributed by atoms with Crippen molar-refractivity contribution in [3.8, 4) is 0 Å². The van der Waals surface area contributed by atoms with Gasteiger partial charge in [-0.05, 0) is 49.6 Å². The predicted molar refractivity (Wildman–Crippen MR) is 93.8 cm³/mol. The average Bonchev–Trinajstić information content (AvgIpc) is 3.29. The molecule has 1 aliphatic rings. The molecule has 0 radical (unpaired) electrons. The standard InChI is InChI=1S/C18H17FN2O4S/c1-2-21-15-8-7-14(11-16(15)25-17(21)22)26(23,24)20-18(9-10-18)12-3-5-13(19)6-4-12/h3-8,11,20H,2,9-10H2,1H3. The van der Waals surface area contributed by atoms with Crippen LogP contribution in [0.1, 0.15) is 25.3 Å². The zero-order valence-corrected chi connectivity index (χ0v) is 14.8. The van der Waals surface area contributed by atoms with E-state index in [-0.39, 0.29) is 16.3 Å². The van der Waals surface area contributed by atoms with Crippen LogP contribution in [0.15, 0.2) is 56.6 Å². The van der Waals surface area contributed by atoms with Gasteiger partial charge in [0.15, 0.2) is 5.58 Å². The third-order valence-corrected chi connectivity index (χ3v) is 6.28. The molecule has 0 bridgehead atoms. The van der Waals surface area contributed by atoms with E-state index in [9.17, 15) is 17.6 Å². The number of oxazole rings is 1. The monoisotopic (exact) mass is 376 g/mol. The number of hydrogen-bond acceptors (Lipinski definition) is 4. The van der Waals surface area contributed by atoms with Gasteiger partial charge >= 0.3 is 5.76 Å². The van der Waals surface area contributed by atoms with Gasteiger partial charge in [0.1, 0.15) is 5.82 Å². The molecule has 0 spiro atoms. The van der Waals surface area contributed by atoms with E-state index in [0.29, 0.717) is 24.9 Å². The molecule has 2 aromatic carbocycles. The molecule has 1 N–H and O–H groups in total. The summed E-state index contributed by atoms with van der Waals surface area (Å²) in [6, 6.07) is 10.2. The third-order valence-electron chi connectivity index (χ3n) is 4.74. The fourth-order valence-corrected chi connectivity index (χ4v) is 4.64. The van der Waals surface area contributed by atoms with Gasteiger partial charge in [-0.1, -0.05) is 12.1 Å². The van der Waals surface area contributed by atoms with Gasteiger partial charge in [0.25, 0.3) is 0 Å². The first-order chi connectivity index (χ1) is 12.3. The highest BCUT2D eigenvalue weighted by Gasteiger charge is 2.47. The van der Waals surface area contributed by atoms with Crippen molar-refractivity contribution in [3.05, 3.63) is 64.4 Å². The van der Waals surface area contributed by atoms with Crippen molar-refractivity contribution < 1.29 is 17.2 Å². The van der Waals surface area contributed by atoms with Crippen molar-refractivity contribution >= 4 is 21.1 Å². The Morgan fingerprint density at radius 1 is 1.19 bits per heavy atom. The van der Waals surface area contributed by atoms with Crippen molar-refractivity contribution in [1.29, 1.82) is 0 Å². The van der Waals surface area contributed by atoms with Crippen LogP contribution in [0, 0.1) is 5.82 Å². The molecule has 26 heavy (non-hydrogen) atoms. The second kappa shape index (κ2) is 5.78. The van der Waals surface area contributed by atoms with Gasteiger partial charge in [-0.2, -0.15) is 0 Å². The maximum absolute atomic E-state index is 13.1. The highest BCUT2D eigenvalue weighted by Crippen LogP contribution is 2.46. The first-order valence-electron chi connectivity index (χ1n) is 8.28. The predicted octanol–water partition coefficient (Wildman–Crippen LogP) is 2.72. The molecule has 4 rings (SSSR count). The Balaban J connectivity index is 1.70. The Morgan fingerprint density at radius 2 is 1.88 bits per heavy atom. The van der Waals surface area contributed by atoms with Crippen molar-refractivity contribution in [3.63, 3.8) is 0 Å². The van der Waals surface area contributed by atoms with E-state index in [1.54, 1.807) is 18.2 Å². The summed E-state index contributed by atoms with van der Waals surface area (Å²) >= 11 is 0. The maximum Gasteiger partial charge on any atom is 0.419 e. The first-order valence-corrected chi connectivity index (χ1v) is 9.76. The van der Waals surface area contributed by atoms with Gasteiger partial charge in [0, 0.05) is 12.6 Å². The Hall–Kier alpha value is -2.45. The van der Waals surface area contributed by atoms with Gasteiger partial charge in [-0.3, -0.25) is 4.57 Å². The third kappa shape index (κ3) is 2.75. The number of benzene rings is 2. The zero-order chi connectivity index (χ0) is 18.5. The van der Waals surface area contributed by atoms with Gasteiger partial charge in [-0.25, -0.2) is 22.3 Å². The molecule has 1 aromatic heterocycles. The molecule has 0 unspecified atom stereocenters. The van der Waals surface area contributed by atoms with E-state index in [0.717, 1.165) is 5.56 Å². The quantitative estimate of drug-likeness (QED) is 0.742. The lowest BCUT2D eigenvalue weighted by molar-refractivity contribution is 0.512. The zero-order valence-electron chi connectivity index (χ0n) is 14.0. The van der Waals surface area contributed by atoms with Crippen LogP contribution in [0.25, 0.3) is 11.1 Å². The topological polar surface area (TPSA) is 81.3 Å². The second-order valence-corrected chi connectivity index (χ2v) is 8.12. The number of fused-ring (bicyclic) bond motifs is 1. The minimum Gasteiger partial charge on any atom is -0.408 e. The molecule has 8 heteroatoms. The Morgan fingerprint density at radius 3 is 2.50 bits per heavy atom. The Kier molecular flexibility index (Phi) is 3.78. The van der Waals surface area contributed by atoms with Crippen LogP contribution in [0.2, 0.25) is 0 Å². The summed E-state index contributed by atoms with van der Waals surface area (Å²) in [5.41, 5.74) is 0.798. The summed E-state index contributed by atoms with van der Waals surface area (Å²) in [5.74, 6) is -0.886. The molecule has 0 amide bonds. The number of rotatable bonds is 5. The van der Waals surface area contributed by atoms with Gasteiger partial charge in [-0.15, -0.1) is 0 Å². The van der Waals surface area contributed by atoms with E-state index in [1.165, 1.54) is 28.8 Å². The van der Waals surface area contributed by atoms with Crippen molar-refractivity contribution in [2.75, 3.05) is 0 Å². The van der Waals surface area contributed by atoms with Crippen LogP contribution < -0.4 is 10.5 Å².